The molecule has 6 heteroatoms. The number of carboxylic acids is 1. The third-order valence-electron chi connectivity index (χ3n) is 2.18. The summed E-state index contributed by atoms with van der Waals surface area (Å²) in [5.74, 6) is -1.92. The Hall–Kier alpha value is -2.63. The monoisotopic (exact) mass is 263 g/mol. The van der Waals surface area contributed by atoms with Crippen molar-refractivity contribution in [2.45, 2.75) is 6.92 Å². The average molecular weight is 263 g/mol. The summed E-state index contributed by atoms with van der Waals surface area (Å²) in [5.41, 5.74) is 0.508. The lowest BCUT2D eigenvalue weighted by Gasteiger charge is -2.05. The quantitative estimate of drug-likeness (QED) is 0.792. The van der Waals surface area contributed by atoms with E-state index in [-0.39, 0.29) is 11.3 Å². The van der Waals surface area contributed by atoms with Gasteiger partial charge in [0.2, 0.25) is 5.91 Å². The Morgan fingerprint density at radius 3 is 2.53 bits per heavy atom. The van der Waals surface area contributed by atoms with Crippen LogP contribution in [0.2, 0.25) is 0 Å². The van der Waals surface area contributed by atoms with Crippen molar-refractivity contribution in [3.8, 4) is 5.75 Å². The Bertz CT molecular complexity index is 548. The Labute approximate surface area is 109 Å². The van der Waals surface area contributed by atoms with Gasteiger partial charge in [-0.25, -0.2) is 4.79 Å². The smallest absolute Gasteiger partial charge is 0.339 e. The van der Waals surface area contributed by atoms with Crippen molar-refractivity contribution >= 4 is 23.9 Å². The fraction of sp³-hybridized carbons (Fsp3) is 0.154. The van der Waals surface area contributed by atoms with Gasteiger partial charge in [-0.3, -0.25) is 14.9 Å². The molecule has 1 aromatic rings. The molecule has 19 heavy (non-hydrogen) atoms. The lowest BCUT2D eigenvalue weighted by atomic mass is 10.1. The van der Waals surface area contributed by atoms with Gasteiger partial charge in [0.15, 0.2) is 0 Å². The van der Waals surface area contributed by atoms with Gasteiger partial charge < -0.3 is 9.84 Å². The van der Waals surface area contributed by atoms with E-state index in [9.17, 15) is 14.4 Å². The van der Waals surface area contributed by atoms with Crippen LogP contribution in [0.1, 0.15) is 22.8 Å². The predicted octanol–water partition coefficient (Wildman–Crippen LogP) is 1.07. The van der Waals surface area contributed by atoms with Crippen LogP contribution in [0, 0.1) is 0 Å². The summed E-state index contributed by atoms with van der Waals surface area (Å²) >= 11 is 0. The zero-order valence-corrected chi connectivity index (χ0v) is 10.5. The fourth-order valence-electron chi connectivity index (χ4n) is 1.38. The molecule has 0 atom stereocenters. The first-order valence-corrected chi connectivity index (χ1v) is 5.35. The largest absolute Gasteiger partial charge is 0.496 e. The Balaban J connectivity index is 2.94. The average Bonchev–Trinajstić information content (AvgIpc) is 2.35. The molecule has 100 valence electrons. The number of ether oxygens (including phenoxy) is 1. The highest BCUT2D eigenvalue weighted by atomic mass is 16.5. The highest BCUT2D eigenvalue weighted by Crippen LogP contribution is 2.20. The number of carboxylic acid groups (broad SMARTS) is 1. The Morgan fingerprint density at radius 2 is 2.00 bits per heavy atom. The maximum atomic E-state index is 11.2. The maximum absolute atomic E-state index is 11.2. The Kier molecular flexibility index (Phi) is 4.82. The van der Waals surface area contributed by atoms with Crippen LogP contribution in [0.4, 0.5) is 0 Å². The molecule has 2 amide bonds. The van der Waals surface area contributed by atoms with E-state index in [0.717, 1.165) is 6.08 Å². The zero-order valence-electron chi connectivity index (χ0n) is 10.5. The molecule has 0 heterocycles. The predicted molar refractivity (Wildman–Crippen MR) is 67.8 cm³/mol. The van der Waals surface area contributed by atoms with Gasteiger partial charge in [-0.15, -0.1) is 0 Å². The van der Waals surface area contributed by atoms with E-state index in [0.29, 0.717) is 5.56 Å². The molecule has 0 radical (unpaired) electrons. The molecule has 0 unspecified atom stereocenters. The number of carbonyl (C=O) groups is 3. The van der Waals surface area contributed by atoms with Crippen molar-refractivity contribution < 1.29 is 24.2 Å². The van der Waals surface area contributed by atoms with Crippen LogP contribution in [0.15, 0.2) is 24.3 Å². The lowest BCUT2D eigenvalue weighted by Crippen LogP contribution is -2.25. The summed E-state index contributed by atoms with van der Waals surface area (Å²) in [6.07, 6.45) is 2.55. The number of aromatic carboxylic acids is 1. The summed E-state index contributed by atoms with van der Waals surface area (Å²) in [6, 6.07) is 4.47. The SMILES string of the molecule is COc1ccc(C=CC(=O)NC(C)=O)cc1C(=O)O. The molecule has 1 rings (SSSR count). The molecule has 0 saturated heterocycles. The van der Waals surface area contributed by atoms with Crippen molar-refractivity contribution in [2.24, 2.45) is 0 Å². The number of carbonyl (C=O) groups excluding carboxylic acids is 2. The fourth-order valence-corrected chi connectivity index (χ4v) is 1.38. The minimum Gasteiger partial charge on any atom is -0.496 e. The maximum Gasteiger partial charge on any atom is 0.339 e. The molecule has 2 N–H and O–H groups in total. The second kappa shape index (κ2) is 6.34. The van der Waals surface area contributed by atoms with Crippen molar-refractivity contribution in [1.82, 2.24) is 5.32 Å². The molecule has 0 saturated carbocycles. The van der Waals surface area contributed by atoms with Gasteiger partial charge >= 0.3 is 5.97 Å². The summed E-state index contributed by atoms with van der Waals surface area (Å²) in [4.78, 5) is 32.8. The van der Waals surface area contributed by atoms with E-state index in [1.165, 1.54) is 32.2 Å². The number of hydrogen-bond acceptors (Lipinski definition) is 4. The second-order valence-electron chi connectivity index (χ2n) is 3.64. The highest BCUT2D eigenvalue weighted by molar-refractivity contribution is 6.02. The van der Waals surface area contributed by atoms with Gasteiger partial charge in [0.25, 0.3) is 5.91 Å². The van der Waals surface area contributed by atoms with E-state index < -0.39 is 17.8 Å². The van der Waals surface area contributed by atoms with Crippen LogP contribution >= 0.6 is 0 Å². The molecule has 0 aliphatic rings. The van der Waals surface area contributed by atoms with E-state index in [1.54, 1.807) is 6.07 Å². The van der Waals surface area contributed by atoms with Crippen LogP contribution in [0.5, 0.6) is 5.75 Å². The summed E-state index contributed by atoms with van der Waals surface area (Å²) in [5, 5.41) is 11.1. The minimum atomic E-state index is -1.12. The number of methoxy groups -OCH3 is 1. The molecule has 0 aromatic heterocycles. The van der Waals surface area contributed by atoms with Gasteiger partial charge in [0.05, 0.1) is 7.11 Å². The first kappa shape index (κ1) is 14.4. The van der Waals surface area contributed by atoms with Gasteiger partial charge in [-0.1, -0.05) is 6.07 Å². The summed E-state index contributed by atoms with van der Waals surface area (Å²) < 4.78 is 4.91. The zero-order chi connectivity index (χ0) is 14.4. The topological polar surface area (TPSA) is 92.7 Å². The number of nitrogens with one attached hydrogen (secondary N) is 1. The van der Waals surface area contributed by atoms with E-state index in [4.69, 9.17) is 9.84 Å². The second-order valence-corrected chi connectivity index (χ2v) is 3.64. The van der Waals surface area contributed by atoms with Gasteiger partial charge in [-0.05, 0) is 23.8 Å². The highest BCUT2D eigenvalue weighted by Gasteiger charge is 2.10. The van der Waals surface area contributed by atoms with Crippen molar-refractivity contribution in [3.63, 3.8) is 0 Å². The summed E-state index contributed by atoms with van der Waals surface area (Å²) in [6.45, 7) is 1.22. The lowest BCUT2D eigenvalue weighted by molar-refractivity contribution is -0.126. The first-order chi connectivity index (χ1) is 8.93. The number of rotatable bonds is 4. The minimum absolute atomic E-state index is 0.00312. The molecule has 0 bridgehead atoms. The van der Waals surface area contributed by atoms with Crippen LogP contribution in [0.25, 0.3) is 6.08 Å². The molecule has 0 fully saturated rings. The standard InChI is InChI=1S/C13H13NO5/c1-8(15)14-12(16)6-4-9-3-5-11(19-2)10(7-9)13(17)18/h3-7H,1-2H3,(H,17,18)(H,14,15,16). The van der Waals surface area contributed by atoms with Crippen molar-refractivity contribution in [3.05, 3.63) is 35.4 Å². The van der Waals surface area contributed by atoms with Crippen LogP contribution in [-0.2, 0) is 9.59 Å². The van der Waals surface area contributed by atoms with Crippen LogP contribution < -0.4 is 10.1 Å². The van der Waals surface area contributed by atoms with E-state index in [1.807, 2.05) is 0 Å². The summed E-state index contributed by atoms with van der Waals surface area (Å²) in [7, 11) is 1.37. The molecular formula is C13H13NO5. The molecule has 0 spiro atoms. The van der Waals surface area contributed by atoms with Crippen molar-refractivity contribution in [2.75, 3.05) is 7.11 Å². The molecule has 6 nitrogen and oxygen atoms in total. The number of benzene rings is 1. The third-order valence-corrected chi connectivity index (χ3v) is 2.18. The number of hydrogen-bond donors (Lipinski definition) is 2. The van der Waals surface area contributed by atoms with Crippen LogP contribution in [0.3, 0.4) is 0 Å². The Morgan fingerprint density at radius 1 is 1.32 bits per heavy atom. The van der Waals surface area contributed by atoms with Gasteiger partial charge in [0, 0.05) is 13.0 Å². The molecule has 0 aliphatic heterocycles. The number of imide groups is 1. The van der Waals surface area contributed by atoms with Gasteiger partial charge in [0.1, 0.15) is 11.3 Å². The van der Waals surface area contributed by atoms with Crippen LogP contribution in [-0.4, -0.2) is 30.0 Å². The van der Waals surface area contributed by atoms with E-state index >= 15 is 0 Å². The van der Waals surface area contributed by atoms with Crippen molar-refractivity contribution in [1.29, 1.82) is 0 Å². The molecular weight excluding hydrogens is 250 g/mol. The van der Waals surface area contributed by atoms with E-state index in [2.05, 4.69) is 5.32 Å². The first-order valence-electron chi connectivity index (χ1n) is 5.35. The third kappa shape index (κ3) is 4.27. The molecule has 0 aliphatic carbocycles. The molecule has 1 aromatic carbocycles. The number of amides is 2. The van der Waals surface area contributed by atoms with Gasteiger partial charge in [-0.2, -0.15) is 0 Å². The normalized spacial score (nSPS) is 10.2.